The summed E-state index contributed by atoms with van der Waals surface area (Å²) in [5.74, 6) is -1.30. The number of hydrogen-bond acceptors (Lipinski definition) is 6. The average molecular weight is 399 g/mol. The molecule has 0 bridgehead atoms. The summed E-state index contributed by atoms with van der Waals surface area (Å²) in [6.45, 7) is -0.660. The van der Waals surface area contributed by atoms with Crippen LogP contribution in [-0.2, 0) is 19.1 Å². The van der Waals surface area contributed by atoms with Crippen molar-refractivity contribution in [2.24, 2.45) is 0 Å². The molecular weight excluding hydrogens is 378 g/mol. The summed E-state index contributed by atoms with van der Waals surface area (Å²) in [6, 6.07) is 14.9. The van der Waals surface area contributed by atoms with E-state index in [-0.39, 0.29) is 19.7 Å². The Kier molecular flexibility index (Phi) is 8.18. The first-order valence-electron chi connectivity index (χ1n) is 8.67. The number of esters is 1. The van der Waals surface area contributed by atoms with E-state index in [1.54, 1.807) is 24.3 Å². The van der Waals surface area contributed by atoms with E-state index in [1.807, 2.05) is 6.07 Å². The van der Waals surface area contributed by atoms with Gasteiger partial charge in [-0.25, -0.2) is 0 Å². The van der Waals surface area contributed by atoms with Crippen molar-refractivity contribution in [3.05, 3.63) is 60.2 Å². The molecular formula is C20H21N3O6. The van der Waals surface area contributed by atoms with Crippen LogP contribution in [0.2, 0.25) is 0 Å². The van der Waals surface area contributed by atoms with Gasteiger partial charge in [-0.05, 0) is 36.4 Å². The Balaban J connectivity index is 1.72. The van der Waals surface area contributed by atoms with E-state index in [4.69, 9.17) is 4.74 Å². The highest BCUT2D eigenvalue weighted by Gasteiger charge is 2.10. The van der Waals surface area contributed by atoms with Crippen molar-refractivity contribution < 1.29 is 28.7 Å². The Morgan fingerprint density at radius 3 is 2.17 bits per heavy atom. The van der Waals surface area contributed by atoms with Crippen molar-refractivity contribution in [1.82, 2.24) is 10.6 Å². The fourth-order valence-corrected chi connectivity index (χ4v) is 2.13. The third-order valence-electron chi connectivity index (χ3n) is 3.61. The number of rotatable bonds is 9. The fraction of sp³-hybridized carbons (Fsp3) is 0.200. The predicted molar refractivity (Wildman–Crippen MR) is 104 cm³/mol. The summed E-state index contributed by atoms with van der Waals surface area (Å²) < 4.78 is 9.72. The van der Waals surface area contributed by atoms with E-state index in [2.05, 4.69) is 20.7 Å². The van der Waals surface area contributed by atoms with Crippen LogP contribution in [0.15, 0.2) is 54.6 Å². The molecule has 0 radical (unpaired) electrons. The molecule has 0 aromatic heterocycles. The normalized spacial score (nSPS) is 9.83. The van der Waals surface area contributed by atoms with Gasteiger partial charge in [0.15, 0.2) is 6.61 Å². The molecule has 0 unspecified atom stereocenters. The van der Waals surface area contributed by atoms with Crippen molar-refractivity contribution >= 4 is 29.4 Å². The highest BCUT2D eigenvalue weighted by atomic mass is 16.5. The van der Waals surface area contributed by atoms with Crippen LogP contribution in [-0.4, -0.2) is 50.5 Å². The fourth-order valence-electron chi connectivity index (χ4n) is 2.13. The number of nitrogens with one attached hydrogen (secondary N) is 3. The van der Waals surface area contributed by atoms with E-state index in [1.165, 1.54) is 31.4 Å². The standard InChI is InChI=1S/C20H21N3O6/c1-28-19(26)12-22-20(27)14-7-9-15(10-8-14)23-17(24)11-21-18(25)13-29-16-5-3-2-4-6-16/h2-10H,11-13H2,1H3,(H,21,25)(H,22,27)(H,23,24). The average Bonchev–Trinajstić information content (AvgIpc) is 2.75. The topological polar surface area (TPSA) is 123 Å². The molecule has 29 heavy (non-hydrogen) atoms. The van der Waals surface area contributed by atoms with Crippen LogP contribution in [0.4, 0.5) is 5.69 Å². The minimum absolute atomic E-state index is 0.202. The van der Waals surface area contributed by atoms with E-state index in [9.17, 15) is 19.2 Å². The second-order valence-corrected chi connectivity index (χ2v) is 5.76. The van der Waals surface area contributed by atoms with Crippen molar-refractivity contribution in [2.45, 2.75) is 0 Å². The Bertz CT molecular complexity index is 852. The number of methoxy groups -OCH3 is 1. The second-order valence-electron chi connectivity index (χ2n) is 5.76. The first-order chi connectivity index (χ1) is 14.0. The zero-order chi connectivity index (χ0) is 21.1. The first kappa shape index (κ1) is 21.4. The molecule has 0 heterocycles. The highest BCUT2D eigenvalue weighted by Crippen LogP contribution is 2.09. The molecule has 2 rings (SSSR count). The van der Waals surface area contributed by atoms with Gasteiger partial charge in [-0.1, -0.05) is 18.2 Å². The number of hydrogen-bond donors (Lipinski definition) is 3. The zero-order valence-electron chi connectivity index (χ0n) is 15.8. The van der Waals surface area contributed by atoms with Gasteiger partial charge in [-0.2, -0.15) is 0 Å². The largest absolute Gasteiger partial charge is 0.484 e. The van der Waals surface area contributed by atoms with Crippen LogP contribution in [0.1, 0.15) is 10.4 Å². The van der Waals surface area contributed by atoms with Gasteiger partial charge in [0.05, 0.1) is 13.7 Å². The zero-order valence-corrected chi connectivity index (χ0v) is 15.8. The molecule has 152 valence electrons. The van der Waals surface area contributed by atoms with E-state index in [0.29, 0.717) is 17.0 Å². The second kappa shape index (κ2) is 11.1. The summed E-state index contributed by atoms with van der Waals surface area (Å²) in [6.07, 6.45) is 0. The molecule has 0 atom stereocenters. The maximum Gasteiger partial charge on any atom is 0.325 e. The molecule has 2 aromatic rings. The maximum atomic E-state index is 11.9. The quantitative estimate of drug-likeness (QED) is 0.534. The van der Waals surface area contributed by atoms with Crippen LogP contribution >= 0.6 is 0 Å². The number of para-hydroxylation sites is 1. The summed E-state index contributed by atoms with van der Waals surface area (Å²) in [7, 11) is 1.23. The Hall–Kier alpha value is -3.88. The van der Waals surface area contributed by atoms with Gasteiger partial charge in [-0.15, -0.1) is 0 Å². The minimum atomic E-state index is -0.557. The van der Waals surface area contributed by atoms with Crippen molar-refractivity contribution in [2.75, 3.05) is 32.1 Å². The third-order valence-corrected chi connectivity index (χ3v) is 3.61. The molecule has 0 aliphatic rings. The van der Waals surface area contributed by atoms with Crippen LogP contribution in [0, 0.1) is 0 Å². The maximum absolute atomic E-state index is 11.9. The highest BCUT2D eigenvalue weighted by molar-refractivity contribution is 5.97. The number of amides is 3. The van der Waals surface area contributed by atoms with E-state index >= 15 is 0 Å². The van der Waals surface area contributed by atoms with Gasteiger partial charge in [0.2, 0.25) is 5.91 Å². The molecule has 0 saturated heterocycles. The monoisotopic (exact) mass is 399 g/mol. The van der Waals surface area contributed by atoms with Crippen LogP contribution in [0.5, 0.6) is 5.75 Å². The predicted octanol–water partition coefficient (Wildman–Crippen LogP) is 0.723. The lowest BCUT2D eigenvalue weighted by atomic mass is 10.2. The molecule has 9 nitrogen and oxygen atoms in total. The molecule has 0 fully saturated rings. The first-order valence-corrected chi connectivity index (χ1v) is 8.67. The minimum Gasteiger partial charge on any atom is -0.484 e. The Labute approximate surface area is 167 Å². The summed E-state index contributed by atoms with van der Waals surface area (Å²) in [5, 5.41) is 7.45. The lowest BCUT2D eigenvalue weighted by molar-refractivity contribution is -0.139. The summed E-state index contributed by atoms with van der Waals surface area (Å²) in [5.41, 5.74) is 0.771. The smallest absolute Gasteiger partial charge is 0.325 e. The van der Waals surface area contributed by atoms with Gasteiger partial charge < -0.3 is 25.4 Å². The third kappa shape index (κ3) is 7.71. The number of ether oxygens (including phenoxy) is 2. The van der Waals surface area contributed by atoms with Crippen LogP contribution < -0.4 is 20.7 Å². The molecule has 0 saturated carbocycles. The SMILES string of the molecule is COC(=O)CNC(=O)c1ccc(NC(=O)CNC(=O)COc2ccccc2)cc1. The number of benzene rings is 2. The molecule has 0 aliphatic carbocycles. The van der Waals surface area contributed by atoms with Gasteiger partial charge in [0.25, 0.3) is 11.8 Å². The van der Waals surface area contributed by atoms with Gasteiger partial charge in [0, 0.05) is 11.3 Å². The van der Waals surface area contributed by atoms with E-state index < -0.39 is 23.7 Å². The van der Waals surface area contributed by atoms with Crippen molar-refractivity contribution in [3.63, 3.8) is 0 Å². The summed E-state index contributed by atoms with van der Waals surface area (Å²) in [4.78, 5) is 46.6. The molecule has 2 aromatic carbocycles. The van der Waals surface area contributed by atoms with Crippen LogP contribution in [0.3, 0.4) is 0 Å². The van der Waals surface area contributed by atoms with E-state index in [0.717, 1.165) is 0 Å². The van der Waals surface area contributed by atoms with Crippen LogP contribution in [0.25, 0.3) is 0 Å². The Morgan fingerprint density at radius 2 is 1.52 bits per heavy atom. The van der Waals surface area contributed by atoms with Gasteiger partial charge >= 0.3 is 5.97 Å². The number of carbonyl (C=O) groups excluding carboxylic acids is 4. The molecule has 0 spiro atoms. The van der Waals surface area contributed by atoms with Gasteiger partial charge in [0.1, 0.15) is 12.3 Å². The lowest BCUT2D eigenvalue weighted by Gasteiger charge is -2.09. The Morgan fingerprint density at radius 1 is 0.828 bits per heavy atom. The molecule has 0 aliphatic heterocycles. The number of carbonyl (C=O) groups is 4. The van der Waals surface area contributed by atoms with Gasteiger partial charge in [-0.3, -0.25) is 19.2 Å². The summed E-state index contributed by atoms with van der Waals surface area (Å²) >= 11 is 0. The van der Waals surface area contributed by atoms with Crippen molar-refractivity contribution in [3.8, 4) is 5.75 Å². The molecule has 9 heteroatoms. The lowest BCUT2D eigenvalue weighted by Crippen LogP contribution is -2.35. The molecule has 3 N–H and O–H groups in total. The molecule has 3 amide bonds. The number of anilines is 1. The van der Waals surface area contributed by atoms with Crippen molar-refractivity contribution in [1.29, 1.82) is 0 Å².